The Balaban J connectivity index is 1.38. The van der Waals surface area contributed by atoms with Crippen LogP contribution in [0.3, 0.4) is 0 Å². The Morgan fingerprint density at radius 1 is 0.857 bits per heavy atom. The normalized spacial score (nSPS) is 18.4. The van der Waals surface area contributed by atoms with E-state index < -0.39 is 0 Å². The molecule has 0 spiro atoms. The maximum atomic E-state index is 12.7. The third kappa shape index (κ3) is 4.20. The molecule has 2 fully saturated rings. The summed E-state index contributed by atoms with van der Waals surface area (Å²) in [5.41, 5.74) is 0.678. The summed E-state index contributed by atoms with van der Waals surface area (Å²) in [5, 5.41) is 0.640. The summed E-state index contributed by atoms with van der Waals surface area (Å²) in [6.07, 6.45) is 1.65. The Kier molecular flexibility index (Phi) is 5.64. The minimum absolute atomic E-state index is 0.0529. The molecule has 0 atom stereocenters. The molecule has 1 aromatic carbocycles. The van der Waals surface area contributed by atoms with Gasteiger partial charge in [-0.2, -0.15) is 0 Å². The number of halogens is 1. The molecule has 4 rings (SSSR count). The van der Waals surface area contributed by atoms with Crippen LogP contribution in [-0.4, -0.2) is 85.1 Å². The number of anilines is 2. The van der Waals surface area contributed by atoms with Gasteiger partial charge in [-0.1, -0.05) is 11.6 Å². The molecule has 2 aliphatic rings. The van der Waals surface area contributed by atoms with Crippen LogP contribution in [0.25, 0.3) is 0 Å². The number of hydrogen-bond acceptors (Lipinski definition) is 6. The summed E-state index contributed by atoms with van der Waals surface area (Å²) in [6, 6.07) is 9.15. The maximum absolute atomic E-state index is 12.7. The van der Waals surface area contributed by atoms with Gasteiger partial charge in [0.2, 0.25) is 0 Å². The Hall–Kier alpha value is -2.38. The largest absolute Gasteiger partial charge is 0.354 e. The summed E-state index contributed by atoms with van der Waals surface area (Å²) in [7, 11) is 2.15. The first-order valence-electron chi connectivity index (χ1n) is 9.65. The van der Waals surface area contributed by atoms with Crippen LogP contribution in [-0.2, 0) is 0 Å². The van der Waals surface area contributed by atoms with Crippen molar-refractivity contribution in [2.75, 3.05) is 69.2 Å². The Bertz CT molecular complexity index is 814. The van der Waals surface area contributed by atoms with Crippen LogP contribution in [0.4, 0.5) is 11.6 Å². The highest BCUT2D eigenvalue weighted by Gasteiger charge is 2.24. The molecule has 0 aliphatic carbocycles. The molecule has 1 aromatic heterocycles. The van der Waals surface area contributed by atoms with E-state index in [0.717, 1.165) is 50.9 Å². The number of aromatic nitrogens is 2. The highest BCUT2D eigenvalue weighted by Crippen LogP contribution is 2.21. The van der Waals surface area contributed by atoms with Crippen molar-refractivity contribution in [1.29, 1.82) is 0 Å². The molecule has 3 heterocycles. The molecular formula is C20H25ClN6O. The monoisotopic (exact) mass is 400 g/mol. The number of carbonyl (C=O) groups is 1. The second kappa shape index (κ2) is 8.32. The number of benzene rings is 1. The van der Waals surface area contributed by atoms with Crippen molar-refractivity contribution in [2.45, 2.75) is 0 Å². The fraction of sp³-hybridized carbons (Fsp3) is 0.450. The highest BCUT2D eigenvalue weighted by atomic mass is 35.5. The molecule has 0 unspecified atom stereocenters. The van der Waals surface area contributed by atoms with E-state index in [1.807, 2.05) is 4.90 Å². The first-order chi connectivity index (χ1) is 13.6. The van der Waals surface area contributed by atoms with E-state index >= 15 is 0 Å². The van der Waals surface area contributed by atoms with Gasteiger partial charge in [0.15, 0.2) is 0 Å². The molecule has 0 saturated carbocycles. The lowest BCUT2D eigenvalue weighted by atomic mass is 10.2. The van der Waals surface area contributed by atoms with Crippen LogP contribution in [0.15, 0.2) is 36.7 Å². The first-order valence-corrected chi connectivity index (χ1v) is 10.0. The van der Waals surface area contributed by atoms with E-state index in [-0.39, 0.29) is 5.91 Å². The van der Waals surface area contributed by atoms with Crippen molar-refractivity contribution in [1.82, 2.24) is 19.8 Å². The minimum Gasteiger partial charge on any atom is -0.354 e. The number of piperazine rings is 2. The van der Waals surface area contributed by atoms with E-state index in [1.165, 1.54) is 0 Å². The van der Waals surface area contributed by atoms with E-state index in [9.17, 15) is 4.79 Å². The maximum Gasteiger partial charge on any atom is 0.253 e. The van der Waals surface area contributed by atoms with Crippen LogP contribution in [0, 0.1) is 0 Å². The summed E-state index contributed by atoms with van der Waals surface area (Å²) in [6.45, 7) is 6.93. The summed E-state index contributed by atoms with van der Waals surface area (Å²) in [5.74, 6) is 1.97. The van der Waals surface area contributed by atoms with Crippen molar-refractivity contribution >= 4 is 29.1 Å². The van der Waals surface area contributed by atoms with Gasteiger partial charge < -0.3 is 19.6 Å². The van der Waals surface area contributed by atoms with Crippen LogP contribution in [0.1, 0.15) is 10.4 Å². The molecule has 8 heteroatoms. The zero-order valence-electron chi connectivity index (χ0n) is 16.1. The van der Waals surface area contributed by atoms with Gasteiger partial charge in [0.05, 0.1) is 0 Å². The van der Waals surface area contributed by atoms with Crippen LogP contribution in [0.5, 0.6) is 0 Å². The van der Waals surface area contributed by atoms with Gasteiger partial charge in [0.1, 0.15) is 18.0 Å². The van der Waals surface area contributed by atoms with Crippen molar-refractivity contribution in [2.24, 2.45) is 0 Å². The van der Waals surface area contributed by atoms with Gasteiger partial charge in [-0.15, -0.1) is 0 Å². The van der Waals surface area contributed by atoms with Gasteiger partial charge in [-0.3, -0.25) is 4.79 Å². The number of amides is 1. The van der Waals surface area contributed by atoms with Crippen LogP contribution < -0.4 is 9.80 Å². The molecule has 0 bridgehead atoms. The Morgan fingerprint density at radius 2 is 1.39 bits per heavy atom. The molecule has 1 amide bonds. The molecule has 7 nitrogen and oxygen atoms in total. The topological polar surface area (TPSA) is 55.8 Å². The average molecular weight is 401 g/mol. The van der Waals surface area contributed by atoms with E-state index in [4.69, 9.17) is 11.6 Å². The van der Waals surface area contributed by atoms with E-state index in [0.29, 0.717) is 23.7 Å². The van der Waals surface area contributed by atoms with Gasteiger partial charge in [-0.25, -0.2) is 9.97 Å². The molecule has 28 heavy (non-hydrogen) atoms. The van der Waals surface area contributed by atoms with Crippen LogP contribution >= 0.6 is 11.6 Å². The summed E-state index contributed by atoms with van der Waals surface area (Å²) < 4.78 is 0. The van der Waals surface area contributed by atoms with Gasteiger partial charge in [0, 0.05) is 69.0 Å². The molecule has 2 saturated heterocycles. The zero-order valence-corrected chi connectivity index (χ0v) is 16.8. The number of rotatable bonds is 3. The smallest absolute Gasteiger partial charge is 0.253 e. The zero-order chi connectivity index (χ0) is 19.5. The Morgan fingerprint density at radius 3 is 1.96 bits per heavy atom. The molecule has 0 N–H and O–H groups in total. The average Bonchev–Trinajstić information content (AvgIpc) is 2.74. The van der Waals surface area contributed by atoms with Crippen molar-refractivity contribution in [3.05, 3.63) is 47.2 Å². The highest BCUT2D eigenvalue weighted by molar-refractivity contribution is 6.30. The van der Waals surface area contributed by atoms with Gasteiger partial charge >= 0.3 is 0 Å². The lowest BCUT2D eigenvalue weighted by Gasteiger charge is -2.36. The quantitative estimate of drug-likeness (QED) is 0.783. The molecule has 2 aliphatic heterocycles. The summed E-state index contributed by atoms with van der Waals surface area (Å²) in [4.78, 5) is 30.4. The van der Waals surface area contributed by atoms with Gasteiger partial charge in [-0.05, 0) is 31.3 Å². The van der Waals surface area contributed by atoms with Crippen molar-refractivity contribution < 1.29 is 4.79 Å². The third-order valence-electron chi connectivity index (χ3n) is 5.45. The standard InChI is InChI=1S/C20H25ClN6O/c1-24-6-8-25(9-7-24)18-14-19(23-15-22-18)26-10-12-27(13-11-26)20(28)16-2-4-17(21)5-3-16/h2-5,14-15H,6-13H2,1H3. The summed E-state index contributed by atoms with van der Waals surface area (Å²) >= 11 is 5.92. The molecule has 0 radical (unpaired) electrons. The molecular weight excluding hydrogens is 376 g/mol. The predicted octanol–water partition coefficient (Wildman–Crippen LogP) is 1.84. The lowest BCUT2D eigenvalue weighted by molar-refractivity contribution is 0.0746. The predicted molar refractivity (Wildman–Crippen MR) is 111 cm³/mol. The molecule has 2 aromatic rings. The first kappa shape index (κ1) is 19.0. The third-order valence-corrected chi connectivity index (χ3v) is 5.70. The minimum atomic E-state index is 0.0529. The SMILES string of the molecule is CN1CCN(c2cc(N3CCN(C(=O)c4ccc(Cl)cc4)CC3)ncn2)CC1. The van der Waals surface area contributed by atoms with Crippen LogP contribution in [0.2, 0.25) is 5.02 Å². The number of likely N-dealkylation sites (N-methyl/N-ethyl adjacent to an activating group) is 1. The number of nitrogens with zero attached hydrogens (tertiary/aromatic N) is 6. The second-order valence-electron chi connectivity index (χ2n) is 7.31. The van der Waals surface area contributed by atoms with Crippen molar-refractivity contribution in [3.63, 3.8) is 0 Å². The fourth-order valence-electron chi connectivity index (χ4n) is 3.63. The van der Waals surface area contributed by atoms with E-state index in [2.05, 4.69) is 37.8 Å². The van der Waals surface area contributed by atoms with Gasteiger partial charge in [0.25, 0.3) is 5.91 Å². The van der Waals surface area contributed by atoms with Crippen molar-refractivity contribution in [3.8, 4) is 0 Å². The number of carbonyl (C=O) groups excluding carboxylic acids is 1. The fourth-order valence-corrected chi connectivity index (χ4v) is 3.76. The molecule has 148 valence electrons. The lowest BCUT2D eigenvalue weighted by Crippen LogP contribution is -2.49. The number of hydrogen-bond donors (Lipinski definition) is 0. The Labute approximate surface area is 170 Å². The second-order valence-corrected chi connectivity index (χ2v) is 7.75. The van der Waals surface area contributed by atoms with E-state index in [1.54, 1.807) is 30.6 Å².